The summed E-state index contributed by atoms with van der Waals surface area (Å²) in [6.45, 7) is 0.262. The minimum Gasteiger partial charge on any atom is -0.508 e. The van der Waals surface area contributed by atoms with Crippen molar-refractivity contribution >= 4 is 11.0 Å². The summed E-state index contributed by atoms with van der Waals surface area (Å²) in [5.74, 6) is -0.389. The molecule has 0 bridgehead atoms. The van der Waals surface area contributed by atoms with Crippen LogP contribution >= 0.6 is 0 Å². The molecule has 2 aliphatic rings. The van der Waals surface area contributed by atoms with Crippen molar-refractivity contribution in [2.24, 2.45) is 0 Å². The quantitative estimate of drug-likeness (QED) is 0.201. The van der Waals surface area contributed by atoms with Crippen molar-refractivity contribution in [1.82, 2.24) is 0 Å². The molecule has 0 radical (unpaired) electrons. The molecular weight excluding hydrogens is 520 g/mol. The molecule has 3 aromatic rings. The van der Waals surface area contributed by atoms with E-state index < -0.39 is 67.3 Å². The molecule has 39 heavy (non-hydrogen) atoms. The predicted molar refractivity (Wildman–Crippen MR) is 131 cm³/mol. The zero-order valence-corrected chi connectivity index (χ0v) is 20.6. The molecule has 3 heterocycles. The Morgan fingerprint density at radius 3 is 2.36 bits per heavy atom. The molecule has 0 unspecified atom stereocenters. The number of rotatable bonds is 6. The average Bonchev–Trinajstić information content (AvgIpc) is 3.21. The molecule has 0 spiro atoms. The molecule has 1 aromatic heterocycles. The molecule has 0 saturated carbocycles. The van der Waals surface area contributed by atoms with E-state index >= 15 is 0 Å². The second-order valence-corrected chi connectivity index (χ2v) is 9.60. The Bertz CT molecular complexity index is 1390. The highest BCUT2D eigenvalue weighted by molar-refractivity contribution is 5.83. The Morgan fingerprint density at radius 1 is 0.974 bits per heavy atom. The lowest BCUT2D eigenvalue weighted by Crippen LogP contribution is -2.58. The predicted octanol–water partition coefficient (Wildman–Crippen LogP) is -0.809. The number of hydrogen-bond acceptors (Lipinski definition) is 13. The zero-order chi connectivity index (χ0) is 28.1. The third-order valence-corrected chi connectivity index (χ3v) is 6.83. The van der Waals surface area contributed by atoms with E-state index in [4.69, 9.17) is 23.4 Å². The Labute approximate surface area is 220 Å². The standard InChI is InChI=1S/C26H28O13/c1-11-17(29)19(31)20(32)24(36-11)37-14-6-7-15-16(8-14)38-21(12-2-4-13(28)5-3-12)22(18(15)30)39-25-23(33)26(34,9-27)10-35-25/h2-8,11,17,19-20,23-25,27-29,31-34H,9-10H2,1H3/t11-,17+,19-,20-,23-,24+,25+,26-/m1/s1. The van der Waals surface area contributed by atoms with Crippen LogP contribution in [0.15, 0.2) is 51.7 Å². The van der Waals surface area contributed by atoms with Gasteiger partial charge in [-0.1, -0.05) is 0 Å². The molecule has 2 saturated heterocycles. The first-order chi connectivity index (χ1) is 18.5. The van der Waals surface area contributed by atoms with E-state index in [1.54, 1.807) is 0 Å². The second kappa shape index (κ2) is 10.4. The van der Waals surface area contributed by atoms with Crippen molar-refractivity contribution in [2.75, 3.05) is 13.2 Å². The highest BCUT2D eigenvalue weighted by Gasteiger charge is 2.49. The van der Waals surface area contributed by atoms with Crippen molar-refractivity contribution in [2.45, 2.75) is 55.6 Å². The van der Waals surface area contributed by atoms with Crippen LogP contribution in [-0.4, -0.2) is 97.7 Å². The van der Waals surface area contributed by atoms with Gasteiger partial charge in [0.25, 0.3) is 0 Å². The maximum absolute atomic E-state index is 13.5. The molecule has 2 aromatic carbocycles. The molecule has 8 atom stereocenters. The Kier molecular flexibility index (Phi) is 7.26. The Balaban J connectivity index is 1.54. The van der Waals surface area contributed by atoms with E-state index in [1.807, 2.05) is 0 Å². The van der Waals surface area contributed by atoms with Gasteiger partial charge in [-0.2, -0.15) is 0 Å². The molecular formula is C26H28O13. The third-order valence-electron chi connectivity index (χ3n) is 6.83. The van der Waals surface area contributed by atoms with E-state index in [9.17, 15) is 40.5 Å². The summed E-state index contributed by atoms with van der Waals surface area (Å²) in [5.41, 5.74) is -2.30. The van der Waals surface area contributed by atoms with Crippen molar-refractivity contribution in [3.8, 4) is 28.6 Å². The lowest BCUT2D eigenvalue weighted by molar-refractivity contribution is -0.268. The number of phenolic OH excluding ortho intramolecular Hbond substituents is 1. The highest BCUT2D eigenvalue weighted by Crippen LogP contribution is 2.36. The van der Waals surface area contributed by atoms with Crippen LogP contribution in [0.2, 0.25) is 0 Å². The largest absolute Gasteiger partial charge is 0.508 e. The summed E-state index contributed by atoms with van der Waals surface area (Å²) < 4.78 is 28.1. The number of aromatic hydroxyl groups is 1. The summed E-state index contributed by atoms with van der Waals surface area (Å²) in [5, 5.41) is 70.1. The van der Waals surface area contributed by atoms with E-state index in [2.05, 4.69) is 0 Å². The summed E-state index contributed by atoms with van der Waals surface area (Å²) in [6.07, 6.45) is -9.71. The minimum absolute atomic E-state index is 0.0339. The molecule has 210 valence electrons. The molecule has 2 aliphatic heterocycles. The van der Waals surface area contributed by atoms with Crippen LogP contribution in [0, 0.1) is 0 Å². The molecule has 7 N–H and O–H groups in total. The summed E-state index contributed by atoms with van der Waals surface area (Å²) in [7, 11) is 0. The first-order valence-electron chi connectivity index (χ1n) is 12.1. The van der Waals surface area contributed by atoms with Crippen LogP contribution in [0.1, 0.15) is 6.92 Å². The van der Waals surface area contributed by atoms with Gasteiger partial charge in [0.05, 0.1) is 24.7 Å². The van der Waals surface area contributed by atoms with Crippen LogP contribution in [0.5, 0.6) is 17.2 Å². The lowest BCUT2D eigenvalue weighted by atomic mass is 10.00. The second-order valence-electron chi connectivity index (χ2n) is 9.60. The van der Waals surface area contributed by atoms with Gasteiger partial charge in [0.15, 0.2) is 5.76 Å². The molecule has 2 fully saturated rings. The topological polar surface area (TPSA) is 209 Å². The Morgan fingerprint density at radius 2 is 1.69 bits per heavy atom. The van der Waals surface area contributed by atoms with E-state index in [0.29, 0.717) is 5.56 Å². The number of fused-ring (bicyclic) bond motifs is 1. The fourth-order valence-electron chi connectivity index (χ4n) is 4.39. The van der Waals surface area contributed by atoms with Gasteiger partial charge in [-0.3, -0.25) is 4.79 Å². The van der Waals surface area contributed by atoms with Gasteiger partial charge in [0.1, 0.15) is 47.1 Å². The molecule has 13 heteroatoms. The van der Waals surface area contributed by atoms with Gasteiger partial charge in [-0.25, -0.2) is 0 Å². The first kappa shape index (κ1) is 27.3. The summed E-state index contributed by atoms with van der Waals surface area (Å²) in [6, 6.07) is 9.75. The first-order valence-corrected chi connectivity index (χ1v) is 12.1. The van der Waals surface area contributed by atoms with Gasteiger partial charge < -0.3 is 59.1 Å². The van der Waals surface area contributed by atoms with Crippen LogP contribution in [0.4, 0.5) is 0 Å². The zero-order valence-electron chi connectivity index (χ0n) is 20.6. The number of hydrogen-bond donors (Lipinski definition) is 7. The van der Waals surface area contributed by atoms with E-state index in [-0.39, 0.29) is 34.0 Å². The molecule has 0 aliphatic carbocycles. The SMILES string of the molecule is C[C@H]1O[C@@H](Oc2ccc3c(=O)c(O[C@@H]4OC[C@](O)(CO)[C@@H]4O)c(-c4ccc(O)cc4)oc3c2)[C@H](O)[C@H](O)[C@H]1O. The monoisotopic (exact) mass is 548 g/mol. The summed E-state index contributed by atoms with van der Waals surface area (Å²) in [4.78, 5) is 13.5. The van der Waals surface area contributed by atoms with Crippen molar-refractivity contribution in [3.05, 3.63) is 52.7 Å². The highest BCUT2D eigenvalue weighted by atomic mass is 16.7. The van der Waals surface area contributed by atoms with Gasteiger partial charge in [0, 0.05) is 11.6 Å². The lowest BCUT2D eigenvalue weighted by Gasteiger charge is -2.38. The number of benzene rings is 2. The maximum atomic E-state index is 13.5. The molecule has 5 rings (SSSR count). The normalized spacial score (nSPS) is 32.8. The van der Waals surface area contributed by atoms with Crippen molar-refractivity contribution in [1.29, 1.82) is 0 Å². The number of phenols is 1. The van der Waals surface area contributed by atoms with Crippen LogP contribution in [0.25, 0.3) is 22.3 Å². The van der Waals surface area contributed by atoms with Gasteiger partial charge in [-0.15, -0.1) is 0 Å². The number of aliphatic hydroxyl groups excluding tert-OH is 5. The van der Waals surface area contributed by atoms with Crippen LogP contribution in [-0.2, 0) is 9.47 Å². The maximum Gasteiger partial charge on any atom is 0.235 e. The van der Waals surface area contributed by atoms with Crippen LogP contribution < -0.4 is 14.9 Å². The van der Waals surface area contributed by atoms with Gasteiger partial charge in [-0.05, 0) is 43.3 Å². The fourth-order valence-corrected chi connectivity index (χ4v) is 4.39. The smallest absolute Gasteiger partial charge is 0.235 e. The van der Waals surface area contributed by atoms with Crippen molar-refractivity contribution < 1.29 is 59.1 Å². The Hall–Kier alpha value is -3.27. The van der Waals surface area contributed by atoms with Crippen LogP contribution in [0.3, 0.4) is 0 Å². The molecule has 13 nitrogen and oxygen atoms in total. The summed E-state index contributed by atoms with van der Waals surface area (Å²) >= 11 is 0. The average molecular weight is 548 g/mol. The number of aliphatic hydroxyl groups is 6. The van der Waals surface area contributed by atoms with Gasteiger partial charge >= 0.3 is 0 Å². The van der Waals surface area contributed by atoms with E-state index in [0.717, 1.165) is 0 Å². The third kappa shape index (κ3) is 4.95. The number of ether oxygens (including phenoxy) is 4. The van der Waals surface area contributed by atoms with Crippen molar-refractivity contribution in [3.63, 3.8) is 0 Å². The van der Waals surface area contributed by atoms with E-state index in [1.165, 1.54) is 49.4 Å². The fraction of sp³-hybridized carbons (Fsp3) is 0.423. The van der Waals surface area contributed by atoms with Gasteiger partial charge in [0.2, 0.25) is 23.8 Å². The molecule has 0 amide bonds. The minimum atomic E-state index is -1.99.